The molecule has 0 saturated heterocycles. The smallest absolute Gasteiger partial charge is 0.109 e. The van der Waals surface area contributed by atoms with Crippen LogP contribution in [-0.2, 0) is 13.0 Å². The molecule has 0 amide bonds. The van der Waals surface area contributed by atoms with Crippen molar-refractivity contribution in [1.29, 1.82) is 0 Å². The minimum atomic E-state index is 0.810. The first-order chi connectivity index (χ1) is 6.40. The van der Waals surface area contributed by atoms with E-state index in [2.05, 4.69) is 21.8 Å². The van der Waals surface area contributed by atoms with Crippen LogP contribution >= 0.6 is 0 Å². The van der Waals surface area contributed by atoms with Crippen molar-refractivity contribution in [1.82, 2.24) is 14.9 Å². The molecule has 3 nitrogen and oxygen atoms in total. The van der Waals surface area contributed by atoms with Gasteiger partial charge in [-0.25, -0.2) is 4.98 Å². The van der Waals surface area contributed by atoms with Crippen molar-refractivity contribution in [3.63, 3.8) is 0 Å². The summed E-state index contributed by atoms with van der Waals surface area (Å²) < 4.78 is 2.20. The molecule has 1 aromatic heterocycles. The van der Waals surface area contributed by atoms with Crippen LogP contribution in [0.3, 0.4) is 0 Å². The number of aromatic nitrogens is 2. The summed E-state index contributed by atoms with van der Waals surface area (Å²) in [5, 5.41) is 3.49. The van der Waals surface area contributed by atoms with Gasteiger partial charge in [0.15, 0.2) is 0 Å². The maximum absolute atomic E-state index is 4.33. The lowest BCUT2D eigenvalue weighted by molar-refractivity contribution is 0.630. The number of nitrogens with one attached hydrogen (secondary N) is 1. The highest BCUT2D eigenvalue weighted by molar-refractivity contribution is 4.93. The van der Waals surface area contributed by atoms with E-state index in [0.29, 0.717) is 0 Å². The monoisotopic (exact) mass is 179 g/mol. The second-order valence-corrected chi connectivity index (χ2v) is 3.61. The molecule has 1 N–H and O–H groups in total. The quantitative estimate of drug-likeness (QED) is 0.736. The summed E-state index contributed by atoms with van der Waals surface area (Å²) in [5.41, 5.74) is 0. The normalized spacial score (nSPS) is 16.4. The number of hydrogen-bond acceptors (Lipinski definition) is 2. The SMILES string of the molecule is CCn1ccnc1CCNC1CC1. The van der Waals surface area contributed by atoms with Crippen LogP contribution in [0.15, 0.2) is 12.4 Å². The second kappa shape index (κ2) is 3.92. The van der Waals surface area contributed by atoms with Crippen molar-refractivity contribution in [3.05, 3.63) is 18.2 Å². The predicted octanol–water partition coefficient (Wildman–Crippen LogP) is 1.20. The zero-order valence-corrected chi connectivity index (χ0v) is 8.16. The van der Waals surface area contributed by atoms with Gasteiger partial charge in [0.25, 0.3) is 0 Å². The zero-order chi connectivity index (χ0) is 9.10. The summed E-state index contributed by atoms with van der Waals surface area (Å²) >= 11 is 0. The molecule has 13 heavy (non-hydrogen) atoms. The summed E-state index contributed by atoms with van der Waals surface area (Å²) in [5.74, 6) is 1.20. The lowest BCUT2D eigenvalue weighted by atomic mass is 10.4. The van der Waals surface area contributed by atoms with Crippen molar-refractivity contribution in [3.8, 4) is 0 Å². The van der Waals surface area contributed by atoms with E-state index in [1.165, 1.54) is 18.7 Å². The molecule has 0 bridgehead atoms. The molecule has 0 aromatic carbocycles. The third kappa shape index (κ3) is 2.31. The summed E-state index contributed by atoms with van der Waals surface area (Å²) in [7, 11) is 0. The molecule has 2 rings (SSSR count). The first-order valence-electron chi connectivity index (χ1n) is 5.13. The summed E-state index contributed by atoms with van der Waals surface area (Å²) in [6, 6.07) is 0.810. The van der Waals surface area contributed by atoms with E-state index in [9.17, 15) is 0 Å². The molecular formula is C10H17N3. The van der Waals surface area contributed by atoms with Crippen LogP contribution in [-0.4, -0.2) is 22.1 Å². The number of nitrogens with zero attached hydrogens (tertiary/aromatic N) is 2. The van der Waals surface area contributed by atoms with E-state index in [-0.39, 0.29) is 0 Å². The Morgan fingerprint density at radius 3 is 3.15 bits per heavy atom. The first-order valence-corrected chi connectivity index (χ1v) is 5.13. The van der Waals surface area contributed by atoms with Crippen molar-refractivity contribution >= 4 is 0 Å². The topological polar surface area (TPSA) is 29.9 Å². The van der Waals surface area contributed by atoms with Gasteiger partial charge in [-0.05, 0) is 19.8 Å². The minimum Gasteiger partial charge on any atom is -0.335 e. The van der Waals surface area contributed by atoms with Crippen LogP contribution in [0, 0.1) is 0 Å². The molecular weight excluding hydrogens is 162 g/mol. The maximum Gasteiger partial charge on any atom is 0.109 e. The highest BCUT2D eigenvalue weighted by atomic mass is 15.1. The van der Waals surface area contributed by atoms with Crippen molar-refractivity contribution in [2.24, 2.45) is 0 Å². The molecule has 0 aliphatic heterocycles. The van der Waals surface area contributed by atoms with Crippen molar-refractivity contribution in [2.75, 3.05) is 6.54 Å². The Labute approximate surface area is 79.2 Å². The van der Waals surface area contributed by atoms with Crippen LogP contribution < -0.4 is 5.32 Å². The molecule has 1 heterocycles. The predicted molar refractivity (Wildman–Crippen MR) is 52.6 cm³/mol. The van der Waals surface area contributed by atoms with E-state index in [1.54, 1.807) is 0 Å². The second-order valence-electron chi connectivity index (χ2n) is 3.61. The minimum absolute atomic E-state index is 0.810. The molecule has 1 aliphatic rings. The fourth-order valence-electron chi connectivity index (χ4n) is 1.53. The summed E-state index contributed by atoms with van der Waals surface area (Å²) in [6.45, 7) is 4.25. The van der Waals surface area contributed by atoms with Crippen molar-refractivity contribution < 1.29 is 0 Å². The van der Waals surface area contributed by atoms with Crippen LogP contribution in [0.25, 0.3) is 0 Å². The fraction of sp³-hybridized carbons (Fsp3) is 0.700. The highest BCUT2D eigenvalue weighted by Crippen LogP contribution is 2.18. The number of hydrogen-bond donors (Lipinski definition) is 1. The summed E-state index contributed by atoms with van der Waals surface area (Å²) in [6.07, 6.45) is 7.71. The third-order valence-corrected chi connectivity index (χ3v) is 2.50. The van der Waals surface area contributed by atoms with E-state index in [0.717, 1.165) is 25.6 Å². The Balaban J connectivity index is 1.78. The van der Waals surface area contributed by atoms with Crippen molar-refractivity contribution in [2.45, 2.75) is 38.8 Å². The Kier molecular flexibility index (Phi) is 2.64. The number of aryl methyl sites for hydroxylation is 1. The molecule has 0 spiro atoms. The lowest BCUT2D eigenvalue weighted by Gasteiger charge is -2.04. The zero-order valence-electron chi connectivity index (χ0n) is 8.16. The Morgan fingerprint density at radius 1 is 1.62 bits per heavy atom. The van der Waals surface area contributed by atoms with E-state index < -0.39 is 0 Å². The van der Waals surface area contributed by atoms with Crippen LogP contribution in [0.5, 0.6) is 0 Å². The van der Waals surface area contributed by atoms with Gasteiger partial charge in [0.05, 0.1) is 0 Å². The largest absolute Gasteiger partial charge is 0.335 e. The molecule has 1 fully saturated rings. The molecule has 1 aromatic rings. The summed E-state index contributed by atoms with van der Waals surface area (Å²) in [4.78, 5) is 4.33. The lowest BCUT2D eigenvalue weighted by Crippen LogP contribution is -2.20. The van der Waals surface area contributed by atoms with Gasteiger partial charge < -0.3 is 9.88 Å². The molecule has 0 radical (unpaired) electrons. The molecule has 0 atom stereocenters. The van der Waals surface area contributed by atoms with Crippen LogP contribution in [0.2, 0.25) is 0 Å². The molecule has 3 heteroatoms. The highest BCUT2D eigenvalue weighted by Gasteiger charge is 2.19. The van der Waals surface area contributed by atoms with E-state index in [1.807, 2.05) is 12.4 Å². The van der Waals surface area contributed by atoms with Crippen LogP contribution in [0.4, 0.5) is 0 Å². The standard InChI is InChI=1S/C10H17N3/c1-2-13-8-7-12-10(13)5-6-11-9-3-4-9/h7-9,11H,2-6H2,1H3. The Morgan fingerprint density at radius 2 is 2.46 bits per heavy atom. The van der Waals surface area contributed by atoms with Gasteiger partial charge in [0.1, 0.15) is 5.82 Å². The number of rotatable bonds is 5. The molecule has 0 unspecified atom stereocenters. The maximum atomic E-state index is 4.33. The van der Waals surface area contributed by atoms with Gasteiger partial charge in [-0.2, -0.15) is 0 Å². The average Bonchev–Trinajstić information content (AvgIpc) is 2.84. The Bertz CT molecular complexity index is 263. The molecule has 72 valence electrons. The average molecular weight is 179 g/mol. The first kappa shape index (κ1) is 8.75. The molecule has 1 aliphatic carbocycles. The van der Waals surface area contributed by atoms with Gasteiger partial charge >= 0.3 is 0 Å². The van der Waals surface area contributed by atoms with Gasteiger partial charge in [0, 0.05) is 37.9 Å². The van der Waals surface area contributed by atoms with E-state index >= 15 is 0 Å². The third-order valence-electron chi connectivity index (χ3n) is 2.50. The van der Waals surface area contributed by atoms with Gasteiger partial charge in [-0.1, -0.05) is 0 Å². The van der Waals surface area contributed by atoms with E-state index in [4.69, 9.17) is 0 Å². The number of imidazole rings is 1. The molecule has 1 saturated carbocycles. The Hall–Kier alpha value is -0.830. The fourth-order valence-corrected chi connectivity index (χ4v) is 1.53. The van der Waals surface area contributed by atoms with Gasteiger partial charge in [-0.3, -0.25) is 0 Å². The van der Waals surface area contributed by atoms with Crippen LogP contribution in [0.1, 0.15) is 25.6 Å². The van der Waals surface area contributed by atoms with Gasteiger partial charge in [-0.15, -0.1) is 0 Å². The van der Waals surface area contributed by atoms with Gasteiger partial charge in [0.2, 0.25) is 0 Å².